The van der Waals surface area contributed by atoms with E-state index in [1.54, 1.807) is 11.0 Å². The highest BCUT2D eigenvalue weighted by atomic mass is 16.3. The summed E-state index contributed by atoms with van der Waals surface area (Å²) < 4.78 is 5.49. The smallest absolute Gasteiger partial charge is 0.233 e. The van der Waals surface area contributed by atoms with E-state index in [0.29, 0.717) is 18.1 Å². The summed E-state index contributed by atoms with van der Waals surface area (Å²) in [5, 5.41) is 0. The lowest BCUT2D eigenvalue weighted by atomic mass is 10.2. The lowest BCUT2D eigenvalue weighted by Gasteiger charge is -2.20. The zero-order chi connectivity index (χ0) is 16.8. The molecule has 120 valence electrons. The van der Waals surface area contributed by atoms with Gasteiger partial charge < -0.3 is 9.32 Å². The van der Waals surface area contributed by atoms with E-state index in [-0.39, 0.29) is 12.3 Å². The van der Waals surface area contributed by atoms with Crippen molar-refractivity contribution in [2.45, 2.75) is 6.42 Å². The Balaban J connectivity index is 1.76. The van der Waals surface area contributed by atoms with Crippen LogP contribution in [0.3, 0.4) is 0 Å². The lowest BCUT2D eigenvalue weighted by Crippen LogP contribution is -2.32. The van der Waals surface area contributed by atoms with Gasteiger partial charge in [-0.05, 0) is 24.3 Å². The molecule has 4 heteroatoms. The summed E-state index contributed by atoms with van der Waals surface area (Å²) in [6.45, 7) is 4.18. The van der Waals surface area contributed by atoms with Crippen molar-refractivity contribution in [1.82, 2.24) is 4.98 Å². The fourth-order valence-corrected chi connectivity index (χ4v) is 2.44. The molecule has 0 saturated heterocycles. The van der Waals surface area contributed by atoms with Gasteiger partial charge in [-0.3, -0.25) is 4.79 Å². The van der Waals surface area contributed by atoms with Crippen LogP contribution < -0.4 is 4.90 Å². The molecule has 0 spiro atoms. The minimum atomic E-state index is -0.0472. The Bertz CT molecular complexity index is 810. The number of carbonyl (C=O) groups excluding carboxylic acids is 1. The number of hydrogen-bond donors (Lipinski definition) is 0. The SMILES string of the molecule is C=CCN(C(=O)Cc1coc(-c2ccccc2)n1)c1ccccc1. The van der Waals surface area contributed by atoms with Gasteiger partial charge in [0.2, 0.25) is 11.8 Å². The summed E-state index contributed by atoms with van der Waals surface area (Å²) in [5.74, 6) is 0.474. The van der Waals surface area contributed by atoms with Gasteiger partial charge in [-0.2, -0.15) is 0 Å². The topological polar surface area (TPSA) is 46.3 Å². The molecular formula is C20H18N2O2. The zero-order valence-electron chi connectivity index (χ0n) is 13.3. The van der Waals surface area contributed by atoms with Crippen LogP contribution in [0.1, 0.15) is 5.69 Å². The van der Waals surface area contributed by atoms with Crippen molar-refractivity contribution in [2.24, 2.45) is 0 Å². The largest absolute Gasteiger partial charge is 0.444 e. The number of oxazole rings is 1. The molecule has 2 aromatic carbocycles. The quantitative estimate of drug-likeness (QED) is 0.643. The molecule has 3 rings (SSSR count). The molecule has 0 unspecified atom stereocenters. The summed E-state index contributed by atoms with van der Waals surface area (Å²) in [4.78, 5) is 18.7. The predicted octanol–water partition coefficient (Wildman–Crippen LogP) is 4.10. The molecular weight excluding hydrogens is 300 g/mol. The molecule has 0 saturated carbocycles. The van der Waals surface area contributed by atoms with E-state index in [1.165, 1.54) is 6.26 Å². The number of aromatic nitrogens is 1. The van der Waals surface area contributed by atoms with Crippen LogP contribution in [0.25, 0.3) is 11.5 Å². The summed E-state index contributed by atoms with van der Waals surface area (Å²) in [6, 6.07) is 19.2. The number of para-hydroxylation sites is 1. The summed E-state index contributed by atoms with van der Waals surface area (Å²) in [7, 11) is 0. The molecule has 0 N–H and O–H groups in total. The molecule has 0 aliphatic rings. The van der Waals surface area contributed by atoms with Gasteiger partial charge in [0, 0.05) is 17.8 Å². The third-order valence-electron chi connectivity index (χ3n) is 3.59. The molecule has 4 nitrogen and oxygen atoms in total. The molecule has 0 aliphatic carbocycles. The van der Waals surface area contributed by atoms with Crippen LogP contribution >= 0.6 is 0 Å². The van der Waals surface area contributed by atoms with E-state index in [1.807, 2.05) is 60.7 Å². The first-order chi connectivity index (χ1) is 11.8. The van der Waals surface area contributed by atoms with Crippen LogP contribution in [-0.4, -0.2) is 17.4 Å². The van der Waals surface area contributed by atoms with E-state index in [0.717, 1.165) is 11.3 Å². The molecule has 0 bridgehead atoms. The number of hydrogen-bond acceptors (Lipinski definition) is 3. The van der Waals surface area contributed by atoms with Crippen molar-refractivity contribution in [2.75, 3.05) is 11.4 Å². The van der Waals surface area contributed by atoms with E-state index >= 15 is 0 Å². The molecule has 0 radical (unpaired) electrons. The second kappa shape index (κ2) is 7.42. The Morgan fingerprint density at radius 2 is 1.75 bits per heavy atom. The summed E-state index contributed by atoms with van der Waals surface area (Å²) in [6.07, 6.45) is 3.43. The Kier molecular flexibility index (Phi) is 4.87. The van der Waals surface area contributed by atoms with E-state index < -0.39 is 0 Å². The highest BCUT2D eigenvalue weighted by molar-refractivity contribution is 5.94. The van der Waals surface area contributed by atoms with Gasteiger partial charge in [0.1, 0.15) is 6.26 Å². The molecule has 3 aromatic rings. The highest BCUT2D eigenvalue weighted by Gasteiger charge is 2.17. The number of benzene rings is 2. The van der Waals surface area contributed by atoms with Crippen molar-refractivity contribution in [3.8, 4) is 11.5 Å². The van der Waals surface area contributed by atoms with Crippen LogP contribution in [-0.2, 0) is 11.2 Å². The number of carbonyl (C=O) groups is 1. The highest BCUT2D eigenvalue weighted by Crippen LogP contribution is 2.19. The van der Waals surface area contributed by atoms with Crippen LogP contribution in [0.15, 0.2) is 84.0 Å². The maximum Gasteiger partial charge on any atom is 0.233 e. The van der Waals surface area contributed by atoms with Gasteiger partial charge >= 0.3 is 0 Å². The van der Waals surface area contributed by atoms with Crippen molar-refractivity contribution >= 4 is 11.6 Å². The van der Waals surface area contributed by atoms with Crippen molar-refractivity contribution in [3.05, 3.63) is 85.3 Å². The average molecular weight is 318 g/mol. The molecule has 0 fully saturated rings. The van der Waals surface area contributed by atoms with Crippen LogP contribution in [0.5, 0.6) is 0 Å². The van der Waals surface area contributed by atoms with E-state index in [2.05, 4.69) is 11.6 Å². The van der Waals surface area contributed by atoms with Gasteiger partial charge in [0.25, 0.3) is 0 Å². The first kappa shape index (κ1) is 15.7. The summed E-state index contributed by atoms with van der Waals surface area (Å²) >= 11 is 0. The van der Waals surface area contributed by atoms with Crippen molar-refractivity contribution in [1.29, 1.82) is 0 Å². The zero-order valence-corrected chi connectivity index (χ0v) is 13.3. The second-order valence-electron chi connectivity index (χ2n) is 5.32. The Hall–Kier alpha value is -3.14. The predicted molar refractivity (Wildman–Crippen MR) is 94.6 cm³/mol. The maximum absolute atomic E-state index is 12.6. The monoisotopic (exact) mass is 318 g/mol. The number of amides is 1. The maximum atomic E-state index is 12.6. The van der Waals surface area contributed by atoms with Gasteiger partial charge in [-0.25, -0.2) is 4.98 Å². The van der Waals surface area contributed by atoms with Crippen LogP contribution in [0, 0.1) is 0 Å². The molecule has 1 amide bonds. The van der Waals surface area contributed by atoms with Crippen LogP contribution in [0.4, 0.5) is 5.69 Å². The third kappa shape index (κ3) is 3.60. The average Bonchev–Trinajstić information content (AvgIpc) is 3.09. The van der Waals surface area contributed by atoms with Gasteiger partial charge in [0.15, 0.2) is 0 Å². The minimum absolute atomic E-state index is 0.0472. The Morgan fingerprint density at radius 1 is 1.08 bits per heavy atom. The number of nitrogens with zero attached hydrogens (tertiary/aromatic N) is 2. The first-order valence-electron chi connectivity index (χ1n) is 7.74. The normalized spacial score (nSPS) is 10.3. The Morgan fingerprint density at radius 3 is 2.42 bits per heavy atom. The van der Waals surface area contributed by atoms with Gasteiger partial charge in [0.05, 0.1) is 12.1 Å². The lowest BCUT2D eigenvalue weighted by molar-refractivity contribution is -0.117. The first-order valence-corrected chi connectivity index (χ1v) is 7.74. The van der Waals surface area contributed by atoms with Crippen molar-refractivity contribution < 1.29 is 9.21 Å². The molecule has 1 aromatic heterocycles. The third-order valence-corrected chi connectivity index (χ3v) is 3.59. The van der Waals surface area contributed by atoms with E-state index in [4.69, 9.17) is 4.42 Å². The number of rotatable bonds is 6. The Labute approximate surface area is 141 Å². The number of anilines is 1. The van der Waals surface area contributed by atoms with Gasteiger partial charge in [-0.1, -0.05) is 42.5 Å². The fraction of sp³-hybridized carbons (Fsp3) is 0.100. The molecule has 1 heterocycles. The molecule has 0 aliphatic heterocycles. The standard InChI is InChI=1S/C20H18N2O2/c1-2-13-22(18-11-7-4-8-12-18)19(23)14-17-15-24-20(21-17)16-9-5-3-6-10-16/h2-12,15H,1,13-14H2. The molecule has 0 atom stereocenters. The van der Waals surface area contributed by atoms with E-state index in [9.17, 15) is 4.79 Å². The molecule has 24 heavy (non-hydrogen) atoms. The van der Waals surface area contributed by atoms with Gasteiger partial charge in [-0.15, -0.1) is 6.58 Å². The van der Waals surface area contributed by atoms with Crippen LogP contribution in [0.2, 0.25) is 0 Å². The van der Waals surface area contributed by atoms with Crippen molar-refractivity contribution in [3.63, 3.8) is 0 Å². The summed E-state index contributed by atoms with van der Waals surface area (Å²) in [5.41, 5.74) is 2.35. The fourth-order valence-electron chi connectivity index (χ4n) is 2.44. The second-order valence-corrected chi connectivity index (χ2v) is 5.32. The minimum Gasteiger partial charge on any atom is -0.444 e.